The van der Waals surface area contributed by atoms with Gasteiger partial charge in [-0.15, -0.1) is 0 Å². The molecule has 11 heavy (non-hydrogen) atoms. The standard InChI is InChI=1S/C9H14FN/c10-9-2-5-1-6(9)8-4-11-3-7(5)8/h5-9,11H,1-4H2. The third-order valence-corrected chi connectivity index (χ3v) is 4.03. The van der Waals surface area contributed by atoms with E-state index in [4.69, 9.17) is 0 Å². The van der Waals surface area contributed by atoms with Gasteiger partial charge in [0, 0.05) is 0 Å². The van der Waals surface area contributed by atoms with Crippen molar-refractivity contribution in [2.45, 2.75) is 19.0 Å². The number of hydrogen-bond acceptors (Lipinski definition) is 1. The fourth-order valence-corrected chi connectivity index (χ4v) is 3.55. The van der Waals surface area contributed by atoms with E-state index in [9.17, 15) is 4.39 Å². The summed E-state index contributed by atoms with van der Waals surface area (Å²) in [7, 11) is 0. The minimum atomic E-state index is -0.457. The fraction of sp³-hybridized carbons (Fsp3) is 1.00. The van der Waals surface area contributed by atoms with Gasteiger partial charge in [0.1, 0.15) is 6.17 Å². The molecule has 0 spiro atoms. The Kier molecular flexibility index (Phi) is 1.15. The normalized spacial score (nSPS) is 60.3. The number of halogens is 1. The average molecular weight is 155 g/mol. The number of rotatable bonds is 0. The van der Waals surface area contributed by atoms with Crippen LogP contribution in [0.2, 0.25) is 0 Å². The summed E-state index contributed by atoms with van der Waals surface area (Å²) in [5.41, 5.74) is 0. The summed E-state index contributed by atoms with van der Waals surface area (Å²) in [5.74, 6) is 2.70. The summed E-state index contributed by atoms with van der Waals surface area (Å²) in [6, 6.07) is 0. The van der Waals surface area contributed by atoms with E-state index < -0.39 is 6.17 Å². The first-order valence-corrected chi connectivity index (χ1v) is 4.71. The van der Waals surface area contributed by atoms with Crippen LogP contribution in [0, 0.1) is 23.7 Å². The molecule has 0 amide bonds. The second-order valence-corrected chi connectivity index (χ2v) is 4.40. The molecule has 0 radical (unpaired) electrons. The van der Waals surface area contributed by atoms with Crippen LogP contribution in [0.4, 0.5) is 4.39 Å². The summed E-state index contributed by atoms with van der Waals surface area (Å²) >= 11 is 0. The number of fused-ring (bicyclic) bond motifs is 5. The maximum atomic E-state index is 13.2. The van der Waals surface area contributed by atoms with Crippen molar-refractivity contribution in [3.8, 4) is 0 Å². The molecule has 5 unspecified atom stereocenters. The van der Waals surface area contributed by atoms with Crippen molar-refractivity contribution < 1.29 is 4.39 Å². The molecule has 0 aromatic rings. The van der Waals surface area contributed by atoms with Crippen molar-refractivity contribution in [2.75, 3.05) is 13.1 Å². The van der Waals surface area contributed by atoms with E-state index in [1.807, 2.05) is 0 Å². The van der Waals surface area contributed by atoms with Gasteiger partial charge in [-0.1, -0.05) is 0 Å². The lowest BCUT2D eigenvalue weighted by Gasteiger charge is -2.25. The Morgan fingerprint density at radius 1 is 1.00 bits per heavy atom. The average Bonchev–Trinajstić information content (AvgIpc) is 2.52. The summed E-state index contributed by atoms with van der Waals surface area (Å²) in [4.78, 5) is 0. The van der Waals surface area contributed by atoms with Gasteiger partial charge in [0.05, 0.1) is 0 Å². The number of alkyl halides is 1. The highest BCUT2D eigenvalue weighted by molar-refractivity contribution is 5.04. The highest BCUT2D eigenvalue weighted by Crippen LogP contribution is 2.54. The molecular weight excluding hydrogens is 141 g/mol. The van der Waals surface area contributed by atoms with E-state index >= 15 is 0 Å². The number of hydrogen-bond donors (Lipinski definition) is 1. The van der Waals surface area contributed by atoms with Crippen LogP contribution in [0.15, 0.2) is 0 Å². The number of nitrogens with one attached hydrogen (secondary N) is 1. The Labute approximate surface area is 66.4 Å². The molecule has 2 aliphatic carbocycles. The molecule has 3 fully saturated rings. The van der Waals surface area contributed by atoms with Gasteiger partial charge in [0.25, 0.3) is 0 Å². The van der Waals surface area contributed by atoms with Gasteiger partial charge in [0.15, 0.2) is 0 Å². The smallest absolute Gasteiger partial charge is 0.104 e. The molecule has 2 bridgehead atoms. The summed E-state index contributed by atoms with van der Waals surface area (Å²) in [5, 5.41) is 3.38. The largest absolute Gasteiger partial charge is 0.316 e. The molecule has 0 aromatic carbocycles. The van der Waals surface area contributed by atoms with Crippen LogP contribution >= 0.6 is 0 Å². The Morgan fingerprint density at radius 2 is 1.82 bits per heavy atom. The third-order valence-electron chi connectivity index (χ3n) is 4.03. The van der Waals surface area contributed by atoms with Gasteiger partial charge in [-0.3, -0.25) is 0 Å². The van der Waals surface area contributed by atoms with Gasteiger partial charge in [-0.25, -0.2) is 4.39 Å². The predicted molar refractivity (Wildman–Crippen MR) is 41.0 cm³/mol. The summed E-state index contributed by atoms with van der Waals surface area (Å²) in [6.45, 7) is 2.25. The van der Waals surface area contributed by atoms with E-state index in [0.29, 0.717) is 11.8 Å². The zero-order valence-corrected chi connectivity index (χ0v) is 6.59. The van der Waals surface area contributed by atoms with Gasteiger partial charge in [-0.2, -0.15) is 0 Å². The van der Waals surface area contributed by atoms with E-state index in [1.165, 1.54) is 13.0 Å². The molecule has 62 valence electrons. The zero-order valence-electron chi connectivity index (χ0n) is 6.59. The summed E-state index contributed by atoms with van der Waals surface area (Å²) in [6.07, 6.45) is 1.60. The molecule has 0 aromatic heterocycles. The van der Waals surface area contributed by atoms with Crippen molar-refractivity contribution in [3.05, 3.63) is 0 Å². The highest BCUT2D eigenvalue weighted by Gasteiger charge is 2.54. The van der Waals surface area contributed by atoms with Crippen LogP contribution in [0.1, 0.15) is 12.8 Å². The minimum absolute atomic E-state index is 0.431. The molecule has 3 aliphatic rings. The summed E-state index contributed by atoms with van der Waals surface area (Å²) < 4.78 is 13.2. The third kappa shape index (κ3) is 0.689. The molecular formula is C9H14FN. The van der Waals surface area contributed by atoms with Crippen molar-refractivity contribution in [1.29, 1.82) is 0 Å². The lowest BCUT2D eigenvalue weighted by molar-refractivity contribution is 0.153. The monoisotopic (exact) mass is 155 g/mol. The SMILES string of the molecule is FC1CC2CC1C1CNCC21. The van der Waals surface area contributed by atoms with Gasteiger partial charge in [-0.05, 0) is 49.6 Å². The zero-order chi connectivity index (χ0) is 7.42. The van der Waals surface area contributed by atoms with Crippen LogP contribution in [-0.2, 0) is 0 Å². The van der Waals surface area contributed by atoms with Crippen molar-refractivity contribution in [3.63, 3.8) is 0 Å². The topological polar surface area (TPSA) is 12.0 Å². The second-order valence-electron chi connectivity index (χ2n) is 4.40. The molecule has 2 saturated carbocycles. The molecule has 1 aliphatic heterocycles. The van der Waals surface area contributed by atoms with Crippen LogP contribution in [0.5, 0.6) is 0 Å². The van der Waals surface area contributed by atoms with Crippen LogP contribution in [0.3, 0.4) is 0 Å². The Hall–Kier alpha value is -0.110. The predicted octanol–water partition coefficient (Wildman–Crippen LogP) is 1.20. The maximum absolute atomic E-state index is 13.2. The Morgan fingerprint density at radius 3 is 2.73 bits per heavy atom. The molecule has 1 saturated heterocycles. The van der Waals surface area contributed by atoms with Crippen LogP contribution in [0.25, 0.3) is 0 Å². The maximum Gasteiger partial charge on any atom is 0.104 e. The van der Waals surface area contributed by atoms with E-state index in [0.717, 1.165) is 24.8 Å². The van der Waals surface area contributed by atoms with Gasteiger partial charge in [0.2, 0.25) is 0 Å². The molecule has 5 atom stereocenters. The molecule has 2 heteroatoms. The van der Waals surface area contributed by atoms with Gasteiger partial charge < -0.3 is 5.32 Å². The molecule has 1 nitrogen and oxygen atoms in total. The van der Waals surface area contributed by atoms with Crippen LogP contribution < -0.4 is 5.32 Å². The molecule has 1 heterocycles. The first-order valence-electron chi connectivity index (χ1n) is 4.71. The van der Waals surface area contributed by atoms with Crippen molar-refractivity contribution in [2.24, 2.45) is 23.7 Å². The van der Waals surface area contributed by atoms with E-state index in [2.05, 4.69) is 5.32 Å². The van der Waals surface area contributed by atoms with E-state index in [-0.39, 0.29) is 0 Å². The molecule has 1 N–H and O–H groups in total. The first kappa shape index (κ1) is 6.41. The van der Waals surface area contributed by atoms with Crippen molar-refractivity contribution in [1.82, 2.24) is 5.32 Å². The Balaban J connectivity index is 1.90. The Bertz CT molecular complexity index is 182. The van der Waals surface area contributed by atoms with Crippen molar-refractivity contribution >= 4 is 0 Å². The first-order chi connectivity index (χ1) is 5.36. The van der Waals surface area contributed by atoms with Crippen LogP contribution in [-0.4, -0.2) is 19.3 Å². The fourth-order valence-electron chi connectivity index (χ4n) is 3.55. The van der Waals surface area contributed by atoms with Gasteiger partial charge >= 0.3 is 0 Å². The molecule has 3 rings (SSSR count). The minimum Gasteiger partial charge on any atom is -0.316 e. The second kappa shape index (κ2) is 1.98. The quantitative estimate of drug-likeness (QED) is 0.554. The lowest BCUT2D eigenvalue weighted by Crippen LogP contribution is -2.27. The van der Waals surface area contributed by atoms with E-state index in [1.54, 1.807) is 0 Å². The lowest BCUT2D eigenvalue weighted by atomic mass is 9.81. The highest BCUT2D eigenvalue weighted by atomic mass is 19.1.